The number of rotatable bonds is 5. The van der Waals surface area contributed by atoms with E-state index < -0.39 is 0 Å². The second-order valence-electron chi connectivity index (χ2n) is 3.70. The van der Waals surface area contributed by atoms with Gasteiger partial charge in [0, 0.05) is 6.20 Å². The molecule has 1 N–H and O–H groups in total. The van der Waals surface area contributed by atoms with Crippen LogP contribution in [0.25, 0.3) is 0 Å². The first kappa shape index (κ1) is 13.2. The maximum Gasteiger partial charge on any atom is 0.287 e. The molecule has 0 spiro atoms. The lowest BCUT2D eigenvalue weighted by molar-refractivity contribution is 0.653. The quantitative estimate of drug-likeness (QED) is 0.838. The summed E-state index contributed by atoms with van der Waals surface area (Å²) in [6, 6.07) is 1.77. The molecule has 0 saturated carbocycles. The van der Waals surface area contributed by atoms with E-state index in [-0.39, 0.29) is 10.6 Å². The Morgan fingerprint density at radius 2 is 2.37 bits per heavy atom. The summed E-state index contributed by atoms with van der Waals surface area (Å²) < 4.78 is 1.24. The number of halogens is 1. The molecular weight excluding hydrogens is 266 g/mol. The fourth-order valence-corrected chi connectivity index (χ4v) is 1.66. The van der Waals surface area contributed by atoms with Crippen molar-refractivity contribution in [2.24, 2.45) is 0 Å². The molecule has 0 bridgehead atoms. The van der Waals surface area contributed by atoms with Crippen molar-refractivity contribution in [3.8, 4) is 0 Å². The molecule has 0 aliphatic carbocycles. The van der Waals surface area contributed by atoms with Crippen molar-refractivity contribution < 1.29 is 0 Å². The maximum atomic E-state index is 11.8. The van der Waals surface area contributed by atoms with Crippen LogP contribution in [0.4, 0.5) is 5.69 Å². The lowest BCUT2D eigenvalue weighted by Gasteiger charge is -2.08. The molecule has 0 fully saturated rings. The number of nitrogens with one attached hydrogen (secondary N) is 1. The number of allylic oxidation sites excluding steroid dienone is 1. The SMILES string of the molecule is C=CCn1ncc(NCc2ccncn2)c(Cl)c1=O. The molecule has 0 aliphatic rings. The summed E-state index contributed by atoms with van der Waals surface area (Å²) in [4.78, 5) is 19.7. The maximum absolute atomic E-state index is 11.8. The van der Waals surface area contributed by atoms with Crippen molar-refractivity contribution in [1.29, 1.82) is 0 Å². The molecule has 0 unspecified atom stereocenters. The molecule has 6 nitrogen and oxygen atoms in total. The minimum absolute atomic E-state index is 0.103. The third-order valence-electron chi connectivity index (χ3n) is 2.39. The molecule has 2 rings (SSSR count). The van der Waals surface area contributed by atoms with E-state index in [0.717, 1.165) is 5.69 Å². The van der Waals surface area contributed by atoms with Crippen molar-refractivity contribution in [1.82, 2.24) is 19.7 Å². The zero-order valence-corrected chi connectivity index (χ0v) is 10.8. The van der Waals surface area contributed by atoms with E-state index in [0.29, 0.717) is 18.8 Å². The second kappa shape index (κ2) is 6.10. The highest BCUT2D eigenvalue weighted by Gasteiger charge is 2.08. The van der Waals surface area contributed by atoms with Gasteiger partial charge in [0.1, 0.15) is 11.3 Å². The largest absolute Gasteiger partial charge is 0.377 e. The molecule has 0 aromatic carbocycles. The first-order valence-corrected chi connectivity index (χ1v) is 5.95. The molecule has 0 saturated heterocycles. The van der Waals surface area contributed by atoms with Gasteiger partial charge in [-0.05, 0) is 6.07 Å². The van der Waals surface area contributed by atoms with Crippen LogP contribution in [0.1, 0.15) is 5.69 Å². The molecule has 7 heteroatoms. The topological polar surface area (TPSA) is 72.7 Å². The number of hydrogen-bond acceptors (Lipinski definition) is 5. The van der Waals surface area contributed by atoms with Crippen molar-refractivity contribution in [2.75, 3.05) is 5.32 Å². The van der Waals surface area contributed by atoms with Crippen LogP contribution in [0, 0.1) is 0 Å². The fraction of sp³-hybridized carbons (Fsp3) is 0.167. The molecule has 2 aromatic rings. The van der Waals surface area contributed by atoms with Crippen LogP contribution in [-0.2, 0) is 13.1 Å². The Morgan fingerprint density at radius 3 is 3.05 bits per heavy atom. The smallest absolute Gasteiger partial charge is 0.287 e. The van der Waals surface area contributed by atoms with Crippen molar-refractivity contribution in [3.05, 3.63) is 58.5 Å². The molecule has 98 valence electrons. The molecular formula is C12H12ClN5O. The predicted octanol–water partition coefficient (Wildman–Crippen LogP) is 1.48. The zero-order valence-electron chi connectivity index (χ0n) is 10.1. The molecule has 0 atom stereocenters. The summed E-state index contributed by atoms with van der Waals surface area (Å²) in [5.41, 5.74) is 0.918. The Morgan fingerprint density at radius 1 is 1.53 bits per heavy atom. The number of hydrogen-bond donors (Lipinski definition) is 1. The van der Waals surface area contributed by atoms with Gasteiger partial charge < -0.3 is 5.32 Å². The number of nitrogens with zero attached hydrogens (tertiary/aromatic N) is 4. The summed E-state index contributed by atoms with van der Waals surface area (Å²) in [6.45, 7) is 4.32. The number of aromatic nitrogens is 4. The van der Waals surface area contributed by atoms with Crippen LogP contribution >= 0.6 is 11.6 Å². The molecule has 19 heavy (non-hydrogen) atoms. The van der Waals surface area contributed by atoms with Gasteiger partial charge in [0.25, 0.3) is 5.56 Å². The normalized spacial score (nSPS) is 10.2. The van der Waals surface area contributed by atoms with Gasteiger partial charge in [-0.2, -0.15) is 5.10 Å². The highest BCUT2D eigenvalue weighted by atomic mass is 35.5. The Hall–Kier alpha value is -2.21. The Labute approximate surface area is 114 Å². The Bertz CT molecular complexity index is 626. The van der Waals surface area contributed by atoms with Gasteiger partial charge in [0.05, 0.1) is 30.7 Å². The van der Waals surface area contributed by atoms with Crippen LogP contribution in [-0.4, -0.2) is 19.7 Å². The van der Waals surface area contributed by atoms with Gasteiger partial charge in [-0.3, -0.25) is 4.79 Å². The van der Waals surface area contributed by atoms with E-state index in [4.69, 9.17) is 11.6 Å². The summed E-state index contributed by atoms with van der Waals surface area (Å²) in [7, 11) is 0. The van der Waals surface area contributed by atoms with Crippen molar-refractivity contribution in [2.45, 2.75) is 13.1 Å². The van der Waals surface area contributed by atoms with Gasteiger partial charge in [-0.1, -0.05) is 17.7 Å². The van der Waals surface area contributed by atoms with E-state index in [1.807, 2.05) is 0 Å². The summed E-state index contributed by atoms with van der Waals surface area (Å²) in [6.07, 6.45) is 6.19. The Balaban J connectivity index is 2.16. The summed E-state index contributed by atoms with van der Waals surface area (Å²) in [5, 5.41) is 7.11. The van der Waals surface area contributed by atoms with E-state index in [1.54, 1.807) is 18.3 Å². The first-order valence-electron chi connectivity index (χ1n) is 5.57. The lowest BCUT2D eigenvalue weighted by Crippen LogP contribution is -2.23. The highest BCUT2D eigenvalue weighted by Crippen LogP contribution is 2.15. The van der Waals surface area contributed by atoms with Crippen LogP contribution in [0.2, 0.25) is 5.02 Å². The van der Waals surface area contributed by atoms with Crippen LogP contribution < -0.4 is 10.9 Å². The fourth-order valence-electron chi connectivity index (χ4n) is 1.45. The van der Waals surface area contributed by atoms with Crippen molar-refractivity contribution in [3.63, 3.8) is 0 Å². The minimum Gasteiger partial charge on any atom is -0.377 e. The van der Waals surface area contributed by atoms with Gasteiger partial charge in [0.15, 0.2) is 0 Å². The van der Waals surface area contributed by atoms with E-state index in [1.165, 1.54) is 17.2 Å². The van der Waals surface area contributed by atoms with Crippen molar-refractivity contribution >= 4 is 17.3 Å². The summed E-state index contributed by atoms with van der Waals surface area (Å²) in [5.74, 6) is 0. The standard InChI is InChI=1S/C12H12ClN5O/c1-2-5-18-12(19)11(13)10(7-17-18)15-6-9-3-4-14-8-16-9/h2-4,7-8,15H,1,5-6H2. The average molecular weight is 278 g/mol. The highest BCUT2D eigenvalue weighted by molar-refractivity contribution is 6.32. The first-order chi connectivity index (χ1) is 9.22. The Kier molecular flexibility index (Phi) is 4.25. The molecule has 2 aromatic heterocycles. The van der Waals surface area contributed by atoms with Gasteiger partial charge in [-0.15, -0.1) is 6.58 Å². The molecule has 0 amide bonds. The minimum atomic E-state index is -0.353. The molecule has 0 aliphatic heterocycles. The van der Waals surface area contributed by atoms with Gasteiger partial charge in [-0.25, -0.2) is 14.6 Å². The molecule has 2 heterocycles. The van der Waals surface area contributed by atoms with Gasteiger partial charge in [0.2, 0.25) is 0 Å². The predicted molar refractivity (Wildman–Crippen MR) is 73.1 cm³/mol. The van der Waals surface area contributed by atoms with E-state index >= 15 is 0 Å². The molecule has 0 radical (unpaired) electrons. The summed E-state index contributed by atoms with van der Waals surface area (Å²) >= 11 is 6.00. The van der Waals surface area contributed by atoms with E-state index in [2.05, 4.69) is 27.0 Å². The lowest BCUT2D eigenvalue weighted by atomic mass is 10.4. The van der Waals surface area contributed by atoms with Crippen LogP contribution in [0.15, 0.2) is 42.2 Å². The average Bonchev–Trinajstić information content (AvgIpc) is 2.44. The number of anilines is 1. The third-order valence-corrected chi connectivity index (χ3v) is 2.76. The second-order valence-corrected chi connectivity index (χ2v) is 4.08. The van der Waals surface area contributed by atoms with Crippen LogP contribution in [0.5, 0.6) is 0 Å². The third kappa shape index (κ3) is 3.17. The van der Waals surface area contributed by atoms with Gasteiger partial charge >= 0.3 is 0 Å². The van der Waals surface area contributed by atoms with E-state index in [9.17, 15) is 4.79 Å². The monoisotopic (exact) mass is 277 g/mol. The zero-order chi connectivity index (χ0) is 13.7. The van der Waals surface area contributed by atoms with Crippen LogP contribution in [0.3, 0.4) is 0 Å².